The van der Waals surface area contributed by atoms with E-state index < -0.39 is 24.0 Å². The number of carboxylic acid groups (broad SMARTS) is 1. The molecule has 7 heteroatoms. The number of amides is 1. The average molecular weight is 272 g/mol. The van der Waals surface area contributed by atoms with E-state index in [9.17, 15) is 14.4 Å². The lowest BCUT2D eigenvalue weighted by Crippen LogP contribution is -2.60. The van der Waals surface area contributed by atoms with Crippen molar-refractivity contribution in [3.63, 3.8) is 0 Å². The first-order valence-corrected chi connectivity index (χ1v) is 6.86. The molecule has 0 aromatic rings. The fourth-order valence-electron chi connectivity index (χ4n) is 2.61. The Kier molecular flexibility index (Phi) is 3.63. The number of carbonyl (C=O) groups excluding carboxylic acids is 2. The van der Waals surface area contributed by atoms with Crippen molar-refractivity contribution in [2.45, 2.75) is 30.8 Å². The third-order valence-electron chi connectivity index (χ3n) is 3.57. The highest BCUT2D eigenvalue weighted by Gasteiger charge is 2.50. The van der Waals surface area contributed by atoms with Gasteiger partial charge in [-0.05, 0) is 20.4 Å². The van der Waals surface area contributed by atoms with Crippen LogP contribution >= 0.6 is 11.8 Å². The Morgan fingerprint density at radius 3 is 2.67 bits per heavy atom. The third-order valence-corrected chi connectivity index (χ3v) is 4.88. The van der Waals surface area contributed by atoms with Gasteiger partial charge in [0.25, 0.3) is 0 Å². The molecule has 2 aliphatic rings. The highest BCUT2D eigenvalue weighted by Crippen LogP contribution is 2.39. The van der Waals surface area contributed by atoms with Crippen LogP contribution in [-0.2, 0) is 14.4 Å². The van der Waals surface area contributed by atoms with Crippen LogP contribution in [0, 0.1) is 5.92 Å². The van der Waals surface area contributed by atoms with Crippen molar-refractivity contribution in [3.05, 3.63) is 0 Å². The van der Waals surface area contributed by atoms with Gasteiger partial charge in [0.2, 0.25) is 5.91 Å². The summed E-state index contributed by atoms with van der Waals surface area (Å²) in [6.45, 7) is 1.47. The number of fused-ring (bicyclic) bond motifs is 1. The summed E-state index contributed by atoms with van der Waals surface area (Å²) in [5.41, 5.74) is 0. The molecule has 2 rings (SSSR count). The molecule has 0 bridgehead atoms. The van der Waals surface area contributed by atoms with Gasteiger partial charge >= 0.3 is 5.97 Å². The molecule has 18 heavy (non-hydrogen) atoms. The minimum atomic E-state index is -0.964. The monoisotopic (exact) mass is 272 g/mol. The van der Waals surface area contributed by atoms with Gasteiger partial charge in [0.05, 0.1) is 11.3 Å². The Balaban J connectivity index is 2.27. The van der Waals surface area contributed by atoms with Gasteiger partial charge in [-0.3, -0.25) is 14.4 Å². The SMILES string of the molecule is CNC1C(=O)N2C(CC1C(=O)O)SCC2C(C)=O. The maximum Gasteiger partial charge on any atom is 0.308 e. The summed E-state index contributed by atoms with van der Waals surface area (Å²) in [7, 11) is 1.57. The number of hydrogen-bond acceptors (Lipinski definition) is 5. The molecule has 0 aromatic heterocycles. The number of carbonyl (C=O) groups is 3. The normalized spacial score (nSPS) is 35.4. The van der Waals surface area contributed by atoms with Crippen LogP contribution in [0.25, 0.3) is 0 Å². The lowest BCUT2D eigenvalue weighted by Gasteiger charge is -2.39. The molecule has 1 amide bonds. The lowest BCUT2D eigenvalue weighted by molar-refractivity contribution is -0.154. The highest BCUT2D eigenvalue weighted by atomic mass is 32.2. The molecular weight excluding hydrogens is 256 g/mol. The number of nitrogens with zero attached hydrogens (tertiary/aromatic N) is 1. The molecule has 2 N–H and O–H groups in total. The molecule has 4 atom stereocenters. The predicted octanol–water partition coefficient (Wildman–Crippen LogP) is -0.462. The van der Waals surface area contributed by atoms with Gasteiger partial charge in [0.15, 0.2) is 5.78 Å². The minimum Gasteiger partial charge on any atom is -0.481 e. The first-order valence-electron chi connectivity index (χ1n) is 5.81. The minimum absolute atomic E-state index is 0.0398. The van der Waals surface area contributed by atoms with Gasteiger partial charge in [0.1, 0.15) is 12.1 Å². The van der Waals surface area contributed by atoms with Gasteiger partial charge in [-0.1, -0.05) is 0 Å². The number of nitrogens with one attached hydrogen (secondary N) is 1. The van der Waals surface area contributed by atoms with Gasteiger partial charge < -0.3 is 15.3 Å². The van der Waals surface area contributed by atoms with Gasteiger partial charge in [-0.15, -0.1) is 11.8 Å². The third kappa shape index (κ3) is 2.01. The molecule has 0 aromatic carbocycles. The van der Waals surface area contributed by atoms with Crippen molar-refractivity contribution in [3.8, 4) is 0 Å². The molecule has 100 valence electrons. The molecule has 2 saturated heterocycles. The number of hydrogen-bond donors (Lipinski definition) is 2. The zero-order valence-electron chi connectivity index (χ0n) is 10.3. The number of likely N-dealkylation sites (N-methyl/N-ethyl adjacent to an activating group) is 1. The van der Waals surface area contributed by atoms with E-state index in [1.54, 1.807) is 11.9 Å². The largest absolute Gasteiger partial charge is 0.481 e. The Hall–Kier alpha value is -1.08. The second-order valence-electron chi connectivity index (χ2n) is 4.61. The fourth-order valence-corrected chi connectivity index (χ4v) is 4.16. The molecular formula is C11H16N2O4S. The summed E-state index contributed by atoms with van der Waals surface area (Å²) < 4.78 is 0. The van der Waals surface area contributed by atoms with Crippen molar-refractivity contribution in [1.29, 1.82) is 0 Å². The van der Waals surface area contributed by atoms with E-state index in [4.69, 9.17) is 5.11 Å². The van der Waals surface area contributed by atoms with Crippen molar-refractivity contribution in [2.75, 3.05) is 12.8 Å². The maximum atomic E-state index is 12.3. The first-order chi connectivity index (χ1) is 8.47. The second kappa shape index (κ2) is 4.89. The zero-order valence-corrected chi connectivity index (χ0v) is 11.1. The van der Waals surface area contributed by atoms with E-state index in [2.05, 4.69) is 5.32 Å². The standard InChI is InChI=1S/C11H16N2O4S/c1-5(14)7-4-18-8-3-6(11(16)17)9(12-2)10(15)13(7)8/h6-9,12H,3-4H2,1-2H3,(H,16,17). The van der Waals surface area contributed by atoms with Crippen LogP contribution in [-0.4, -0.2) is 57.9 Å². The van der Waals surface area contributed by atoms with E-state index >= 15 is 0 Å². The smallest absolute Gasteiger partial charge is 0.308 e. The van der Waals surface area contributed by atoms with Crippen LogP contribution in [0.3, 0.4) is 0 Å². The van der Waals surface area contributed by atoms with Gasteiger partial charge in [-0.25, -0.2) is 0 Å². The Morgan fingerprint density at radius 2 is 2.17 bits per heavy atom. The first kappa shape index (κ1) is 13.4. The molecule has 0 spiro atoms. The van der Waals surface area contributed by atoms with Crippen LogP contribution in [0.5, 0.6) is 0 Å². The van der Waals surface area contributed by atoms with Crippen LogP contribution in [0.2, 0.25) is 0 Å². The summed E-state index contributed by atoms with van der Waals surface area (Å²) >= 11 is 1.49. The molecule has 2 heterocycles. The van der Waals surface area contributed by atoms with E-state index in [0.29, 0.717) is 12.2 Å². The van der Waals surface area contributed by atoms with Gasteiger partial charge in [-0.2, -0.15) is 0 Å². The summed E-state index contributed by atoms with van der Waals surface area (Å²) in [5.74, 6) is -1.43. The van der Waals surface area contributed by atoms with E-state index in [0.717, 1.165) is 0 Å². The summed E-state index contributed by atoms with van der Waals surface area (Å²) in [4.78, 5) is 36.6. The Morgan fingerprint density at radius 1 is 1.50 bits per heavy atom. The Labute approximate surface area is 109 Å². The van der Waals surface area contributed by atoms with Crippen LogP contribution in [0.15, 0.2) is 0 Å². The van der Waals surface area contributed by atoms with E-state index in [-0.39, 0.29) is 17.1 Å². The number of Topliss-reactive ketones (excluding diaryl/α,β-unsaturated/α-hetero) is 1. The van der Waals surface area contributed by atoms with Crippen molar-refractivity contribution >= 4 is 29.4 Å². The van der Waals surface area contributed by atoms with Crippen LogP contribution in [0.1, 0.15) is 13.3 Å². The number of piperidine rings is 1. The molecule has 2 aliphatic heterocycles. The quantitative estimate of drug-likeness (QED) is 0.723. The summed E-state index contributed by atoms with van der Waals surface area (Å²) in [5, 5.41) is 11.7. The number of ketones is 1. The molecule has 0 saturated carbocycles. The number of rotatable bonds is 3. The van der Waals surface area contributed by atoms with Crippen molar-refractivity contribution in [2.24, 2.45) is 5.92 Å². The van der Waals surface area contributed by atoms with Gasteiger partial charge in [0, 0.05) is 5.75 Å². The van der Waals surface area contributed by atoms with E-state index in [1.165, 1.54) is 18.7 Å². The zero-order chi connectivity index (χ0) is 13.4. The summed E-state index contributed by atoms with van der Waals surface area (Å²) in [6, 6.07) is -1.14. The average Bonchev–Trinajstić information content (AvgIpc) is 2.72. The van der Waals surface area contributed by atoms with Crippen LogP contribution in [0.4, 0.5) is 0 Å². The number of aliphatic carboxylic acids is 1. The predicted molar refractivity (Wildman–Crippen MR) is 66.2 cm³/mol. The summed E-state index contributed by atoms with van der Waals surface area (Å²) in [6.07, 6.45) is 0.390. The topological polar surface area (TPSA) is 86.7 Å². The Bertz CT molecular complexity index is 401. The maximum absolute atomic E-state index is 12.3. The molecule has 0 aliphatic carbocycles. The van der Waals surface area contributed by atoms with Crippen molar-refractivity contribution < 1.29 is 19.5 Å². The molecule has 2 fully saturated rings. The van der Waals surface area contributed by atoms with Crippen molar-refractivity contribution in [1.82, 2.24) is 10.2 Å². The van der Waals surface area contributed by atoms with Crippen LogP contribution < -0.4 is 5.32 Å². The second-order valence-corrected chi connectivity index (χ2v) is 5.82. The number of carboxylic acids is 1. The number of thioether (sulfide) groups is 1. The fraction of sp³-hybridized carbons (Fsp3) is 0.727. The molecule has 0 radical (unpaired) electrons. The molecule has 4 unspecified atom stereocenters. The lowest BCUT2D eigenvalue weighted by atomic mass is 9.89. The molecule has 6 nitrogen and oxygen atoms in total. The highest BCUT2D eigenvalue weighted by molar-refractivity contribution is 8.00. The van der Waals surface area contributed by atoms with E-state index in [1.807, 2.05) is 0 Å².